The number of aromatic nitrogens is 1. The molecule has 0 radical (unpaired) electrons. The van der Waals surface area contributed by atoms with Gasteiger partial charge in [0.15, 0.2) is 0 Å². The Balaban J connectivity index is 2.31. The van der Waals surface area contributed by atoms with E-state index in [4.69, 9.17) is 4.52 Å². The highest BCUT2D eigenvalue weighted by molar-refractivity contribution is 7.52. The fourth-order valence-electron chi connectivity index (χ4n) is 1.55. The van der Waals surface area contributed by atoms with Gasteiger partial charge in [-0.1, -0.05) is 23.5 Å². The molecule has 9 heteroatoms. The van der Waals surface area contributed by atoms with E-state index >= 15 is 0 Å². The smallest absolute Gasteiger partial charge is 0.412 e. The van der Waals surface area contributed by atoms with Crippen molar-refractivity contribution in [2.24, 2.45) is 0 Å². The second-order valence-corrected chi connectivity index (χ2v) is 7.11. The van der Waals surface area contributed by atoms with Crippen LogP contribution in [0, 0.1) is 6.92 Å². The van der Waals surface area contributed by atoms with Gasteiger partial charge >= 0.3 is 13.8 Å². The van der Waals surface area contributed by atoms with E-state index < -0.39 is 19.3 Å². The van der Waals surface area contributed by atoms with Crippen LogP contribution in [0.25, 0.3) is 10.6 Å². The fourth-order valence-corrected chi connectivity index (χ4v) is 3.36. The van der Waals surface area contributed by atoms with Crippen LogP contribution in [-0.2, 0) is 10.7 Å². The summed E-state index contributed by atoms with van der Waals surface area (Å²) >= 11 is 1.01. The molecule has 0 amide bonds. The Morgan fingerprint density at radius 2 is 1.86 bits per heavy atom. The van der Waals surface area contributed by atoms with Gasteiger partial charge in [0.2, 0.25) is 5.06 Å². The summed E-state index contributed by atoms with van der Waals surface area (Å²) in [5, 5.41) is 0.600. The lowest BCUT2D eigenvalue weighted by Gasteiger charge is -2.06. The largest absolute Gasteiger partial charge is 0.416 e. The van der Waals surface area contributed by atoms with Crippen LogP contribution >= 0.6 is 18.9 Å². The zero-order valence-electron chi connectivity index (χ0n) is 11.0. The lowest BCUT2D eigenvalue weighted by atomic mass is 10.1. The molecule has 0 fully saturated rings. The van der Waals surface area contributed by atoms with Gasteiger partial charge in [-0.05, 0) is 19.1 Å². The molecule has 2 aromatic rings. The fraction of sp³-hybridized carbons (Fsp3) is 0.250. The van der Waals surface area contributed by atoms with E-state index in [1.54, 1.807) is 6.92 Å². The maximum absolute atomic E-state index is 12.5. The molecule has 1 unspecified atom stereocenters. The Bertz CT molecular complexity index is 691. The van der Waals surface area contributed by atoms with Crippen LogP contribution in [0.15, 0.2) is 24.3 Å². The summed E-state index contributed by atoms with van der Waals surface area (Å²) < 4.78 is 53.6. The van der Waals surface area contributed by atoms with Crippen molar-refractivity contribution in [2.75, 3.05) is 6.66 Å². The van der Waals surface area contributed by atoms with Crippen molar-refractivity contribution in [3.8, 4) is 15.6 Å². The molecule has 0 spiro atoms. The van der Waals surface area contributed by atoms with E-state index in [-0.39, 0.29) is 5.06 Å². The number of hydrogen-bond donors (Lipinski definition) is 1. The van der Waals surface area contributed by atoms with Crippen molar-refractivity contribution in [3.05, 3.63) is 35.5 Å². The minimum atomic E-state index is -4.39. The summed E-state index contributed by atoms with van der Waals surface area (Å²) in [6, 6.07) is 4.53. The Labute approximate surface area is 122 Å². The highest BCUT2D eigenvalue weighted by atomic mass is 32.1. The minimum Gasteiger partial charge on any atom is -0.412 e. The molecule has 1 N–H and O–H groups in total. The van der Waals surface area contributed by atoms with Gasteiger partial charge in [-0.15, -0.1) is 0 Å². The van der Waals surface area contributed by atoms with Gasteiger partial charge in [0.1, 0.15) is 5.01 Å². The quantitative estimate of drug-likeness (QED) is 0.847. The van der Waals surface area contributed by atoms with E-state index in [9.17, 15) is 22.6 Å². The van der Waals surface area contributed by atoms with Crippen molar-refractivity contribution in [2.45, 2.75) is 13.1 Å². The molecule has 0 saturated carbocycles. The van der Waals surface area contributed by atoms with Gasteiger partial charge in [0.05, 0.1) is 11.3 Å². The average molecular weight is 337 g/mol. The van der Waals surface area contributed by atoms with Crippen LogP contribution in [0.5, 0.6) is 5.06 Å². The normalized spacial score (nSPS) is 14.8. The van der Waals surface area contributed by atoms with Gasteiger partial charge in [0, 0.05) is 12.2 Å². The molecule has 0 bridgehead atoms. The molecule has 1 atom stereocenters. The number of rotatable bonds is 3. The van der Waals surface area contributed by atoms with E-state index in [0.717, 1.165) is 30.1 Å². The second kappa shape index (κ2) is 5.44. The number of aryl methyl sites for hydroxylation is 1. The molecule has 114 valence electrons. The first-order valence-electron chi connectivity index (χ1n) is 5.71. The molecular weight excluding hydrogens is 326 g/mol. The van der Waals surface area contributed by atoms with E-state index in [1.807, 2.05) is 0 Å². The number of hydrogen-bond acceptors (Lipinski definition) is 4. The summed E-state index contributed by atoms with van der Waals surface area (Å²) in [6.07, 6.45) is -4.39. The van der Waals surface area contributed by atoms with Crippen molar-refractivity contribution in [1.29, 1.82) is 0 Å². The Morgan fingerprint density at radius 1 is 1.29 bits per heavy atom. The van der Waals surface area contributed by atoms with Gasteiger partial charge in [-0.3, -0.25) is 0 Å². The molecule has 1 heterocycles. The number of benzene rings is 1. The van der Waals surface area contributed by atoms with Crippen molar-refractivity contribution < 1.29 is 27.2 Å². The minimum absolute atomic E-state index is 0.179. The van der Waals surface area contributed by atoms with Crippen LogP contribution in [0.1, 0.15) is 11.3 Å². The number of alkyl halides is 3. The Morgan fingerprint density at radius 3 is 2.33 bits per heavy atom. The maximum atomic E-state index is 12.5. The lowest BCUT2D eigenvalue weighted by Crippen LogP contribution is -2.03. The Kier molecular flexibility index (Phi) is 4.15. The number of halogens is 3. The highest BCUT2D eigenvalue weighted by Crippen LogP contribution is 2.44. The topological polar surface area (TPSA) is 59.4 Å². The van der Waals surface area contributed by atoms with E-state index in [0.29, 0.717) is 16.3 Å². The molecule has 0 saturated heterocycles. The third-order valence-corrected chi connectivity index (χ3v) is 4.19. The predicted molar refractivity (Wildman–Crippen MR) is 73.7 cm³/mol. The third-order valence-electron chi connectivity index (χ3n) is 2.47. The summed E-state index contributed by atoms with van der Waals surface area (Å²) in [6.45, 7) is 2.64. The average Bonchev–Trinajstić information content (AvgIpc) is 2.68. The molecule has 0 aliphatic carbocycles. The van der Waals surface area contributed by atoms with Crippen LogP contribution in [0.3, 0.4) is 0 Å². The monoisotopic (exact) mass is 337 g/mol. The standard InChI is InChI=1S/C12H11F3NO3PS/c1-7-11(19-20(2,17)18)21-10(16-7)8-3-5-9(6-4-8)12(13,14)15/h3-6H,1-2H3,(H,17,18). The number of thiazole rings is 1. The summed E-state index contributed by atoms with van der Waals surface area (Å²) in [5.41, 5.74) is 0.144. The van der Waals surface area contributed by atoms with Crippen LogP contribution < -0.4 is 4.52 Å². The van der Waals surface area contributed by atoms with Gasteiger partial charge in [-0.2, -0.15) is 13.2 Å². The first-order valence-corrected chi connectivity index (χ1v) is 8.55. The molecule has 1 aromatic heterocycles. The van der Waals surface area contributed by atoms with Crippen LogP contribution in [0.2, 0.25) is 0 Å². The summed E-state index contributed by atoms with van der Waals surface area (Å²) in [4.78, 5) is 13.3. The lowest BCUT2D eigenvalue weighted by molar-refractivity contribution is -0.137. The zero-order valence-corrected chi connectivity index (χ0v) is 12.7. The van der Waals surface area contributed by atoms with Gasteiger partial charge in [0.25, 0.3) is 0 Å². The van der Waals surface area contributed by atoms with Crippen molar-refractivity contribution in [3.63, 3.8) is 0 Å². The highest BCUT2D eigenvalue weighted by Gasteiger charge is 2.30. The number of nitrogens with zero attached hydrogens (tertiary/aromatic N) is 1. The van der Waals surface area contributed by atoms with Crippen molar-refractivity contribution >= 4 is 18.9 Å². The van der Waals surface area contributed by atoms with Crippen LogP contribution in [-0.4, -0.2) is 16.5 Å². The molecule has 2 rings (SSSR count). The summed E-state index contributed by atoms with van der Waals surface area (Å²) in [5.74, 6) is 0. The van der Waals surface area contributed by atoms with Gasteiger partial charge < -0.3 is 9.42 Å². The third kappa shape index (κ3) is 4.06. The van der Waals surface area contributed by atoms with Crippen molar-refractivity contribution in [1.82, 2.24) is 4.98 Å². The zero-order chi connectivity index (χ0) is 15.8. The molecular formula is C12H11F3NO3PS. The van der Waals surface area contributed by atoms with Crippen LogP contribution in [0.4, 0.5) is 13.2 Å². The molecule has 0 aliphatic rings. The predicted octanol–water partition coefficient (Wildman–Crippen LogP) is 4.33. The molecule has 21 heavy (non-hydrogen) atoms. The maximum Gasteiger partial charge on any atom is 0.416 e. The SMILES string of the molecule is Cc1nc(-c2ccc(C(F)(F)F)cc2)sc1OP(C)(=O)O. The molecule has 4 nitrogen and oxygen atoms in total. The first-order chi connectivity index (χ1) is 9.56. The second-order valence-electron chi connectivity index (χ2n) is 4.36. The first kappa shape index (κ1) is 16.0. The molecule has 1 aromatic carbocycles. The van der Waals surface area contributed by atoms with E-state index in [1.165, 1.54) is 12.1 Å². The Hall–Kier alpha value is -1.37. The van der Waals surface area contributed by atoms with Gasteiger partial charge in [-0.25, -0.2) is 9.55 Å². The summed E-state index contributed by atoms with van der Waals surface area (Å²) in [7, 11) is -3.70. The molecule has 0 aliphatic heterocycles. The van der Waals surface area contributed by atoms with E-state index in [2.05, 4.69) is 4.98 Å².